The van der Waals surface area contributed by atoms with Gasteiger partial charge < -0.3 is 9.88 Å². The molecule has 1 heterocycles. The van der Waals surface area contributed by atoms with Crippen LogP contribution in [0.15, 0.2) is 72.8 Å². The first-order valence-electron chi connectivity index (χ1n) is 8.65. The van der Waals surface area contributed by atoms with E-state index in [2.05, 4.69) is 9.97 Å². The van der Waals surface area contributed by atoms with E-state index in [0.717, 1.165) is 28.0 Å². The molecule has 1 aromatic heterocycles. The molecular formula is C22H18ClN3O. The summed E-state index contributed by atoms with van der Waals surface area (Å²) in [6.07, 6.45) is 0. The summed E-state index contributed by atoms with van der Waals surface area (Å²) >= 11 is 6.03. The Morgan fingerprint density at radius 1 is 1.04 bits per heavy atom. The normalized spacial score (nSPS) is 10.9. The van der Waals surface area contributed by atoms with E-state index in [0.29, 0.717) is 17.1 Å². The Morgan fingerprint density at radius 2 is 1.78 bits per heavy atom. The van der Waals surface area contributed by atoms with E-state index in [1.807, 2.05) is 79.8 Å². The zero-order valence-corrected chi connectivity index (χ0v) is 15.6. The van der Waals surface area contributed by atoms with Gasteiger partial charge in [-0.05, 0) is 35.9 Å². The lowest BCUT2D eigenvalue weighted by Gasteiger charge is -2.17. The van der Waals surface area contributed by atoms with Crippen molar-refractivity contribution < 1.29 is 4.79 Å². The van der Waals surface area contributed by atoms with Gasteiger partial charge in [-0.2, -0.15) is 0 Å². The number of nitrogens with one attached hydrogen (secondary N) is 1. The molecule has 0 spiro atoms. The monoisotopic (exact) mass is 375 g/mol. The van der Waals surface area contributed by atoms with Crippen LogP contribution in [-0.2, 0) is 6.54 Å². The van der Waals surface area contributed by atoms with Crippen LogP contribution >= 0.6 is 11.6 Å². The van der Waals surface area contributed by atoms with Crippen LogP contribution in [-0.4, -0.2) is 27.8 Å². The molecule has 4 rings (SSSR count). The lowest BCUT2D eigenvalue weighted by atomic mass is 10.1. The summed E-state index contributed by atoms with van der Waals surface area (Å²) in [5, 5.41) is 0.667. The lowest BCUT2D eigenvalue weighted by Crippen LogP contribution is -2.26. The zero-order chi connectivity index (χ0) is 18.8. The molecule has 0 bridgehead atoms. The van der Waals surface area contributed by atoms with E-state index in [9.17, 15) is 4.79 Å². The number of halogens is 1. The Bertz CT molecular complexity index is 1090. The Kier molecular flexibility index (Phi) is 4.65. The Morgan fingerprint density at radius 3 is 2.52 bits per heavy atom. The Labute approximate surface area is 162 Å². The summed E-state index contributed by atoms with van der Waals surface area (Å²) in [6.45, 7) is 0.575. The third kappa shape index (κ3) is 3.71. The summed E-state index contributed by atoms with van der Waals surface area (Å²) in [7, 11) is 1.81. The van der Waals surface area contributed by atoms with Crippen molar-refractivity contribution >= 4 is 28.5 Å². The smallest absolute Gasteiger partial charge is 0.253 e. The number of imidazole rings is 1. The van der Waals surface area contributed by atoms with Crippen molar-refractivity contribution in [1.82, 2.24) is 14.9 Å². The highest BCUT2D eigenvalue weighted by Gasteiger charge is 2.13. The van der Waals surface area contributed by atoms with E-state index in [1.165, 1.54) is 0 Å². The van der Waals surface area contributed by atoms with Crippen molar-refractivity contribution in [2.45, 2.75) is 6.54 Å². The lowest BCUT2D eigenvalue weighted by molar-refractivity contribution is 0.0785. The molecule has 4 nitrogen and oxygen atoms in total. The second-order valence-electron chi connectivity index (χ2n) is 6.47. The number of H-pyrrole nitrogens is 1. The number of hydrogen-bond donors (Lipinski definition) is 1. The number of aromatic amines is 1. The van der Waals surface area contributed by atoms with Crippen LogP contribution in [0, 0.1) is 0 Å². The summed E-state index contributed by atoms with van der Waals surface area (Å²) < 4.78 is 0. The number of rotatable bonds is 4. The number of amides is 1. The summed E-state index contributed by atoms with van der Waals surface area (Å²) in [5.41, 5.74) is 4.42. The van der Waals surface area contributed by atoms with Gasteiger partial charge in [-0.1, -0.05) is 54.1 Å². The minimum Gasteiger partial charge on any atom is -0.338 e. The number of hydrogen-bond acceptors (Lipinski definition) is 2. The van der Waals surface area contributed by atoms with Crippen molar-refractivity contribution in [1.29, 1.82) is 0 Å². The minimum atomic E-state index is -0.0122. The second kappa shape index (κ2) is 7.25. The van der Waals surface area contributed by atoms with E-state index in [-0.39, 0.29) is 5.91 Å². The van der Waals surface area contributed by atoms with Crippen LogP contribution in [0.1, 0.15) is 15.9 Å². The molecule has 0 saturated heterocycles. The molecule has 0 unspecified atom stereocenters. The van der Waals surface area contributed by atoms with Crippen molar-refractivity contribution in [2.75, 3.05) is 7.05 Å². The van der Waals surface area contributed by atoms with Crippen molar-refractivity contribution in [3.8, 4) is 11.4 Å². The largest absolute Gasteiger partial charge is 0.338 e. The SMILES string of the molecule is CN(Cc1ccccc1)C(=O)c1ccc(-c2nc3ccc(Cl)cc3[nH]2)cc1. The third-order valence-corrected chi connectivity index (χ3v) is 4.69. The minimum absolute atomic E-state index is 0.0122. The van der Waals surface area contributed by atoms with Crippen molar-refractivity contribution in [3.05, 3.63) is 88.9 Å². The van der Waals surface area contributed by atoms with Gasteiger partial charge in [-0.25, -0.2) is 4.98 Å². The van der Waals surface area contributed by atoms with Gasteiger partial charge in [0.1, 0.15) is 5.82 Å². The summed E-state index contributed by atoms with van der Waals surface area (Å²) in [4.78, 5) is 22.2. The van der Waals surface area contributed by atoms with Crippen LogP contribution in [0.3, 0.4) is 0 Å². The molecule has 3 aromatic carbocycles. The fourth-order valence-electron chi connectivity index (χ4n) is 3.04. The van der Waals surface area contributed by atoms with Gasteiger partial charge in [-0.15, -0.1) is 0 Å². The summed E-state index contributed by atoms with van der Waals surface area (Å²) in [6, 6.07) is 23.0. The number of nitrogens with zero attached hydrogens (tertiary/aromatic N) is 2. The summed E-state index contributed by atoms with van der Waals surface area (Å²) in [5.74, 6) is 0.741. The Balaban J connectivity index is 1.53. The first-order chi connectivity index (χ1) is 13.1. The molecule has 0 aliphatic carbocycles. The molecule has 0 aliphatic heterocycles. The topological polar surface area (TPSA) is 49.0 Å². The predicted molar refractivity (Wildman–Crippen MR) is 109 cm³/mol. The van der Waals surface area contributed by atoms with Crippen LogP contribution in [0.25, 0.3) is 22.4 Å². The molecule has 1 amide bonds. The maximum absolute atomic E-state index is 12.7. The molecule has 0 saturated carbocycles. The third-order valence-electron chi connectivity index (χ3n) is 4.46. The van der Waals surface area contributed by atoms with Crippen LogP contribution < -0.4 is 0 Å². The van der Waals surface area contributed by atoms with Crippen LogP contribution in [0.4, 0.5) is 0 Å². The fraction of sp³-hybridized carbons (Fsp3) is 0.0909. The number of aromatic nitrogens is 2. The maximum atomic E-state index is 12.7. The van der Waals surface area contributed by atoms with E-state index >= 15 is 0 Å². The van der Waals surface area contributed by atoms with Crippen LogP contribution in [0.5, 0.6) is 0 Å². The highest BCUT2D eigenvalue weighted by molar-refractivity contribution is 6.31. The van der Waals surface area contributed by atoms with E-state index in [4.69, 9.17) is 11.6 Å². The molecule has 0 radical (unpaired) electrons. The van der Waals surface area contributed by atoms with Crippen molar-refractivity contribution in [3.63, 3.8) is 0 Å². The highest BCUT2D eigenvalue weighted by Crippen LogP contribution is 2.23. The molecule has 5 heteroatoms. The number of carbonyl (C=O) groups excluding carboxylic acids is 1. The van der Waals surface area contributed by atoms with E-state index < -0.39 is 0 Å². The number of fused-ring (bicyclic) bond motifs is 1. The second-order valence-corrected chi connectivity index (χ2v) is 6.91. The fourth-order valence-corrected chi connectivity index (χ4v) is 3.21. The Hall–Kier alpha value is -3.11. The molecular weight excluding hydrogens is 358 g/mol. The van der Waals surface area contributed by atoms with Gasteiger partial charge in [0.2, 0.25) is 0 Å². The molecule has 4 aromatic rings. The highest BCUT2D eigenvalue weighted by atomic mass is 35.5. The van der Waals surface area contributed by atoms with Gasteiger partial charge in [-0.3, -0.25) is 4.79 Å². The first-order valence-corrected chi connectivity index (χ1v) is 9.03. The standard InChI is InChI=1S/C22H18ClN3O/c1-26(14-15-5-3-2-4-6-15)22(27)17-9-7-16(8-10-17)21-24-19-12-11-18(23)13-20(19)25-21/h2-13H,14H2,1H3,(H,24,25). The number of carbonyl (C=O) groups is 1. The predicted octanol–water partition coefficient (Wildman–Crippen LogP) is 5.16. The maximum Gasteiger partial charge on any atom is 0.253 e. The molecule has 27 heavy (non-hydrogen) atoms. The average molecular weight is 376 g/mol. The zero-order valence-electron chi connectivity index (χ0n) is 14.8. The average Bonchev–Trinajstić information content (AvgIpc) is 3.11. The quantitative estimate of drug-likeness (QED) is 0.536. The van der Waals surface area contributed by atoms with Gasteiger partial charge in [0.25, 0.3) is 5.91 Å². The molecule has 0 aliphatic rings. The number of benzene rings is 3. The molecule has 0 atom stereocenters. The van der Waals surface area contributed by atoms with Gasteiger partial charge in [0.05, 0.1) is 11.0 Å². The molecule has 1 N–H and O–H groups in total. The van der Waals surface area contributed by atoms with Gasteiger partial charge in [0.15, 0.2) is 0 Å². The van der Waals surface area contributed by atoms with E-state index in [1.54, 1.807) is 4.90 Å². The van der Waals surface area contributed by atoms with Crippen molar-refractivity contribution in [2.24, 2.45) is 0 Å². The van der Waals surface area contributed by atoms with Gasteiger partial charge in [0, 0.05) is 29.7 Å². The van der Waals surface area contributed by atoms with Crippen LogP contribution in [0.2, 0.25) is 5.02 Å². The van der Waals surface area contributed by atoms with Gasteiger partial charge >= 0.3 is 0 Å². The molecule has 134 valence electrons. The first kappa shape index (κ1) is 17.3. The molecule has 0 fully saturated rings.